The summed E-state index contributed by atoms with van der Waals surface area (Å²) in [6.45, 7) is 2.97. The molecule has 0 aromatic carbocycles. The Bertz CT molecular complexity index is 182. The van der Waals surface area contributed by atoms with Gasteiger partial charge in [-0.2, -0.15) is 0 Å². The second kappa shape index (κ2) is 11.9. The van der Waals surface area contributed by atoms with Crippen molar-refractivity contribution in [2.75, 3.05) is 20.3 Å². The predicted octanol–water partition coefficient (Wildman–Crippen LogP) is 2.85. The number of hydrogen-bond donors (Lipinski definition) is 1. The molecule has 0 saturated carbocycles. The second-order valence-corrected chi connectivity index (χ2v) is 4.28. The van der Waals surface area contributed by atoms with Gasteiger partial charge in [-0.25, -0.2) is 0 Å². The van der Waals surface area contributed by atoms with Crippen molar-refractivity contribution in [3.8, 4) is 0 Å². The van der Waals surface area contributed by atoms with Crippen LogP contribution in [-0.4, -0.2) is 37.5 Å². The first-order chi connectivity index (χ1) is 8.20. The van der Waals surface area contributed by atoms with Crippen LogP contribution in [0.3, 0.4) is 0 Å². The summed E-state index contributed by atoms with van der Waals surface area (Å²) in [5.41, 5.74) is 0. The average molecular weight is 246 g/mol. The van der Waals surface area contributed by atoms with Crippen molar-refractivity contribution in [2.24, 2.45) is 0 Å². The molecule has 0 bridgehead atoms. The summed E-state index contributed by atoms with van der Waals surface area (Å²) in [4.78, 5) is 10.3. The maximum atomic E-state index is 10.3. The van der Waals surface area contributed by atoms with E-state index in [1.807, 2.05) is 0 Å². The third kappa shape index (κ3) is 11.6. The van der Waals surface area contributed by atoms with Crippen molar-refractivity contribution in [1.82, 2.24) is 0 Å². The maximum Gasteiger partial charge on any atom is 0.305 e. The first-order valence-corrected chi connectivity index (χ1v) is 6.53. The normalized spacial score (nSPS) is 12.6. The van der Waals surface area contributed by atoms with E-state index < -0.39 is 5.97 Å². The predicted molar refractivity (Wildman–Crippen MR) is 67.2 cm³/mol. The summed E-state index contributed by atoms with van der Waals surface area (Å²) in [5.74, 6) is -0.821. The summed E-state index contributed by atoms with van der Waals surface area (Å²) in [7, 11) is 1.68. The number of ether oxygens (including phenoxy) is 2. The van der Waals surface area contributed by atoms with Crippen LogP contribution >= 0.6 is 0 Å². The first kappa shape index (κ1) is 16.4. The molecule has 17 heavy (non-hydrogen) atoms. The number of carboxylic acids is 1. The smallest absolute Gasteiger partial charge is 0.305 e. The number of rotatable bonds is 12. The van der Waals surface area contributed by atoms with E-state index in [0.717, 1.165) is 12.8 Å². The third-order valence-corrected chi connectivity index (χ3v) is 2.73. The Labute approximate surface area is 104 Å². The average Bonchev–Trinajstić information content (AvgIpc) is 2.31. The van der Waals surface area contributed by atoms with Gasteiger partial charge in [0.1, 0.15) is 0 Å². The van der Waals surface area contributed by atoms with E-state index in [4.69, 9.17) is 14.6 Å². The largest absolute Gasteiger partial charge is 0.481 e. The maximum absolute atomic E-state index is 10.3. The number of aliphatic carboxylic acids is 1. The lowest BCUT2D eigenvalue weighted by Crippen LogP contribution is -2.19. The van der Waals surface area contributed by atoms with Gasteiger partial charge < -0.3 is 14.6 Å². The van der Waals surface area contributed by atoms with Crippen LogP contribution in [0.1, 0.15) is 51.9 Å². The molecular weight excluding hydrogens is 220 g/mol. The molecule has 0 aliphatic heterocycles. The Morgan fingerprint density at radius 3 is 2.53 bits per heavy atom. The van der Waals surface area contributed by atoms with Gasteiger partial charge in [0.15, 0.2) is 0 Å². The molecule has 0 aromatic heterocycles. The molecule has 0 radical (unpaired) electrons. The Kier molecular flexibility index (Phi) is 11.4. The zero-order chi connectivity index (χ0) is 12.9. The highest BCUT2D eigenvalue weighted by Gasteiger charge is 2.07. The van der Waals surface area contributed by atoms with Crippen molar-refractivity contribution < 1.29 is 19.4 Å². The fraction of sp³-hybridized carbons (Fsp3) is 0.923. The topological polar surface area (TPSA) is 55.8 Å². The highest BCUT2D eigenvalue weighted by atomic mass is 16.5. The lowest BCUT2D eigenvalue weighted by Gasteiger charge is -2.15. The molecule has 0 aromatic rings. The van der Waals surface area contributed by atoms with Gasteiger partial charge in [-0.05, 0) is 6.42 Å². The van der Waals surface area contributed by atoms with Crippen molar-refractivity contribution in [3.63, 3.8) is 0 Å². The monoisotopic (exact) mass is 246 g/mol. The third-order valence-electron chi connectivity index (χ3n) is 2.73. The summed E-state index contributed by atoms with van der Waals surface area (Å²) in [6, 6.07) is 0. The van der Waals surface area contributed by atoms with E-state index >= 15 is 0 Å². The van der Waals surface area contributed by atoms with Gasteiger partial charge in [0.05, 0.1) is 25.7 Å². The summed E-state index contributed by atoms with van der Waals surface area (Å²) in [6.07, 6.45) is 7.39. The van der Waals surface area contributed by atoms with Crippen molar-refractivity contribution in [2.45, 2.75) is 58.0 Å². The Morgan fingerprint density at radius 2 is 1.94 bits per heavy atom. The Morgan fingerprint density at radius 1 is 1.24 bits per heavy atom. The molecule has 4 nitrogen and oxygen atoms in total. The highest BCUT2D eigenvalue weighted by Crippen LogP contribution is 2.09. The van der Waals surface area contributed by atoms with E-state index in [9.17, 15) is 4.79 Å². The molecule has 0 heterocycles. The molecule has 0 saturated heterocycles. The number of unbranched alkanes of at least 4 members (excludes halogenated alkanes) is 4. The van der Waals surface area contributed by atoms with Crippen LogP contribution in [0.15, 0.2) is 0 Å². The van der Waals surface area contributed by atoms with E-state index in [-0.39, 0.29) is 19.1 Å². The molecule has 102 valence electrons. The first-order valence-electron chi connectivity index (χ1n) is 6.53. The van der Waals surface area contributed by atoms with Gasteiger partial charge >= 0.3 is 5.97 Å². The van der Waals surface area contributed by atoms with Crippen LogP contribution in [0, 0.1) is 0 Å². The van der Waals surface area contributed by atoms with E-state index in [2.05, 4.69) is 6.92 Å². The number of carboxylic acid groups (broad SMARTS) is 1. The van der Waals surface area contributed by atoms with Gasteiger partial charge in [-0.3, -0.25) is 4.79 Å². The second-order valence-electron chi connectivity index (χ2n) is 4.28. The van der Waals surface area contributed by atoms with Crippen LogP contribution in [0.4, 0.5) is 0 Å². The standard InChI is InChI=1S/C13H26O4/c1-3-4-5-6-7-8-12(16-2)11-17-10-9-13(14)15/h12H,3-11H2,1-2H3,(H,14,15). The van der Waals surface area contributed by atoms with Gasteiger partial charge in [-0.15, -0.1) is 0 Å². The lowest BCUT2D eigenvalue weighted by molar-refractivity contribution is -0.138. The fourth-order valence-corrected chi connectivity index (χ4v) is 1.62. The molecule has 1 N–H and O–H groups in total. The van der Waals surface area contributed by atoms with Crippen molar-refractivity contribution >= 4 is 5.97 Å². The molecule has 1 unspecified atom stereocenters. The number of methoxy groups -OCH3 is 1. The minimum Gasteiger partial charge on any atom is -0.481 e. The summed E-state index contributed by atoms with van der Waals surface area (Å²) < 4.78 is 10.6. The van der Waals surface area contributed by atoms with E-state index in [0.29, 0.717) is 6.61 Å². The van der Waals surface area contributed by atoms with E-state index in [1.165, 1.54) is 25.7 Å². The highest BCUT2D eigenvalue weighted by molar-refractivity contribution is 5.66. The van der Waals surface area contributed by atoms with Crippen LogP contribution in [0.2, 0.25) is 0 Å². The van der Waals surface area contributed by atoms with Crippen LogP contribution in [0.5, 0.6) is 0 Å². The molecule has 0 rings (SSSR count). The zero-order valence-electron chi connectivity index (χ0n) is 11.1. The SMILES string of the molecule is CCCCCCCC(COCCC(=O)O)OC. The molecule has 0 fully saturated rings. The quantitative estimate of drug-likeness (QED) is 0.538. The van der Waals surface area contributed by atoms with Crippen LogP contribution in [0.25, 0.3) is 0 Å². The summed E-state index contributed by atoms with van der Waals surface area (Å²) >= 11 is 0. The Balaban J connectivity index is 3.39. The minimum absolute atomic E-state index is 0.0624. The van der Waals surface area contributed by atoms with Gasteiger partial charge in [0.2, 0.25) is 0 Å². The van der Waals surface area contributed by atoms with Crippen molar-refractivity contribution in [1.29, 1.82) is 0 Å². The van der Waals surface area contributed by atoms with E-state index in [1.54, 1.807) is 7.11 Å². The molecule has 4 heteroatoms. The van der Waals surface area contributed by atoms with Crippen molar-refractivity contribution in [3.05, 3.63) is 0 Å². The molecule has 0 aliphatic rings. The fourth-order valence-electron chi connectivity index (χ4n) is 1.62. The van der Waals surface area contributed by atoms with Gasteiger partial charge in [0, 0.05) is 7.11 Å². The van der Waals surface area contributed by atoms with Gasteiger partial charge in [0.25, 0.3) is 0 Å². The summed E-state index contributed by atoms with van der Waals surface area (Å²) in [5, 5.41) is 8.45. The number of carbonyl (C=O) groups is 1. The van der Waals surface area contributed by atoms with Gasteiger partial charge in [-0.1, -0.05) is 39.0 Å². The van der Waals surface area contributed by atoms with Crippen LogP contribution < -0.4 is 0 Å². The zero-order valence-corrected chi connectivity index (χ0v) is 11.1. The lowest BCUT2D eigenvalue weighted by atomic mass is 10.1. The molecule has 1 atom stereocenters. The number of hydrogen-bond acceptors (Lipinski definition) is 3. The molecule has 0 aliphatic carbocycles. The van der Waals surface area contributed by atoms with Crippen LogP contribution in [-0.2, 0) is 14.3 Å². The Hall–Kier alpha value is -0.610. The minimum atomic E-state index is -0.821. The molecule has 0 spiro atoms. The molecule has 0 amide bonds. The molecular formula is C13H26O4.